The number of hydrogen-bond acceptors (Lipinski definition) is 6. The molecule has 1 aliphatic heterocycles. The molecule has 2 aromatic heterocycles. The predicted molar refractivity (Wildman–Crippen MR) is 117 cm³/mol. The van der Waals surface area contributed by atoms with E-state index >= 15 is 0 Å². The molecule has 4 rings (SSSR count). The maximum absolute atomic E-state index is 12.2. The number of carbonyl (C=O) groups is 1. The van der Waals surface area contributed by atoms with E-state index in [4.69, 9.17) is 9.97 Å². The number of nitrogens with one attached hydrogen (secondary N) is 1. The van der Waals surface area contributed by atoms with Crippen LogP contribution in [0.4, 0.5) is 5.82 Å². The number of amides is 1. The Bertz CT molecular complexity index is 826. The van der Waals surface area contributed by atoms with Crippen molar-refractivity contribution in [2.45, 2.75) is 69.5 Å². The molecule has 0 bridgehead atoms. The maximum atomic E-state index is 12.2. The van der Waals surface area contributed by atoms with E-state index in [1.54, 1.807) is 11.8 Å². The van der Waals surface area contributed by atoms with E-state index in [0.29, 0.717) is 19.5 Å². The molecular weight excluding hydrogens is 384 g/mol. The average molecular weight is 417 g/mol. The van der Waals surface area contributed by atoms with Gasteiger partial charge in [-0.15, -0.1) is 0 Å². The summed E-state index contributed by atoms with van der Waals surface area (Å²) in [6.45, 7) is 3.30. The van der Waals surface area contributed by atoms with Gasteiger partial charge in [-0.05, 0) is 31.4 Å². The van der Waals surface area contributed by atoms with E-state index in [1.165, 1.54) is 44.9 Å². The molecule has 2 aliphatic rings. The van der Waals surface area contributed by atoms with Crippen molar-refractivity contribution >= 4 is 34.5 Å². The normalized spacial score (nSPS) is 17.9. The minimum atomic E-state index is 0.157. The number of rotatable bonds is 8. The van der Waals surface area contributed by atoms with Gasteiger partial charge in [0.2, 0.25) is 5.91 Å². The van der Waals surface area contributed by atoms with E-state index in [0.717, 1.165) is 47.4 Å². The summed E-state index contributed by atoms with van der Waals surface area (Å²) in [6.07, 6.45) is 14.6. The van der Waals surface area contributed by atoms with Crippen LogP contribution in [0.25, 0.3) is 11.0 Å². The number of aromatic nitrogens is 4. The van der Waals surface area contributed by atoms with Gasteiger partial charge in [0.25, 0.3) is 0 Å². The molecule has 1 N–H and O–H groups in total. The van der Waals surface area contributed by atoms with E-state index in [-0.39, 0.29) is 5.91 Å². The second-order valence-electron chi connectivity index (χ2n) is 8.23. The highest BCUT2D eigenvalue weighted by molar-refractivity contribution is 7.98. The summed E-state index contributed by atoms with van der Waals surface area (Å²) in [7, 11) is 0. The minimum absolute atomic E-state index is 0.157. The number of hydrogen-bond donors (Lipinski definition) is 1. The average Bonchev–Trinajstić information content (AvgIpc) is 3.43. The van der Waals surface area contributed by atoms with E-state index in [2.05, 4.69) is 15.3 Å². The SMILES string of the molecule is CSc1nc(N2CCCC2)c2cnn(CCNC(=O)CCC3CCCCC3)c2n1. The van der Waals surface area contributed by atoms with Crippen molar-refractivity contribution in [2.75, 3.05) is 30.8 Å². The number of anilines is 1. The van der Waals surface area contributed by atoms with Gasteiger partial charge >= 0.3 is 0 Å². The van der Waals surface area contributed by atoms with Gasteiger partial charge in [-0.3, -0.25) is 4.79 Å². The highest BCUT2D eigenvalue weighted by atomic mass is 32.2. The zero-order chi connectivity index (χ0) is 20.1. The lowest BCUT2D eigenvalue weighted by Crippen LogP contribution is -2.28. The van der Waals surface area contributed by atoms with Crippen LogP contribution in [0.1, 0.15) is 57.8 Å². The molecule has 1 saturated carbocycles. The van der Waals surface area contributed by atoms with Crippen LogP contribution >= 0.6 is 11.8 Å². The van der Waals surface area contributed by atoms with Crippen LogP contribution in [0.3, 0.4) is 0 Å². The number of thioether (sulfide) groups is 1. The van der Waals surface area contributed by atoms with Gasteiger partial charge in [0.05, 0.1) is 18.1 Å². The van der Waals surface area contributed by atoms with Crippen LogP contribution in [0.15, 0.2) is 11.4 Å². The van der Waals surface area contributed by atoms with Gasteiger partial charge in [-0.1, -0.05) is 43.9 Å². The first-order valence-corrected chi connectivity index (χ1v) is 12.3. The molecule has 158 valence electrons. The molecule has 1 aliphatic carbocycles. The Balaban J connectivity index is 1.35. The van der Waals surface area contributed by atoms with E-state index in [1.807, 2.05) is 17.1 Å². The molecule has 3 heterocycles. The molecule has 8 heteroatoms. The smallest absolute Gasteiger partial charge is 0.220 e. The third-order valence-corrected chi connectivity index (χ3v) is 6.74. The molecule has 0 radical (unpaired) electrons. The second-order valence-corrected chi connectivity index (χ2v) is 9.00. The van der Waals surface area contributed by atoms with Crippen molar-refractivity contribution in [1.29, 1.82) is 0 Å². The Morgan fingerprint density at radius 2 is 1.97 bits per heavy atom. The van der Waals surface area contributed by atoms with Crippen molar-refractivity contribution in [2.24, 2.45) is 5.92 Å². The lowest BCUT2D eigenvalue weighted by atomic mass is 9.86. The lowest BCUT2D eigenvalue weighted by Gasteiger charge is -2.21. The number of carbonyl (C=O) groups excluding carboxylic acids is 1. The van der Waals surface area contributed by atoms with E-state index < -0.39 is 0 Å². The third kappa shape index (κ3) is 5.02. The summed E-state index contributed by atoms with van der Waals surface area (Å²) in [5, 5.41) is 9.39. The number of nitrogens with zero attached hydrogens (tertiary/aromatic N) is 5. The summed E-state index contributed by atoms with van der Waals surface area (Å²) in [4.78, 5) is 24.0. The predicted octanol–water partition coefficient (Wildman–Crippen LogP) is 3.63. The summed E-state index contributed by atoms with van der Waals surface area (Å²) in [5.41, 5.74) is 0.864. The van der Waals surface area contributed by atoms with Crippen molar-refractivity contribution in [3.05, 3.63) is 6.20 Å². The maximum Gasteiger partial charge on any atom is 0.220 e. The third-order valence-electron chi connectivity index (χ3n) is 6.19. The van der Waals surface area contributed by atoms with Crippen LogP contribution in [0.2, 0.25) is 0 Å². The van der Waals surface area contributed by atoms with Gasteiger partial charge in [0, 0.05) is 26.1 Å². The Kier molecular flexibility index (Phi) is 6.90. The summed E-state index contributed by atoms with van der Waals surface area (Å²) in [5.74, 6) is 1.90. The standard InChI is InChI=1S/C21H32N6OS/c1-29-21-24-19(26-12-5-6-13-26)17-15-23-27(20(17)25-21)14-11-22-18(28)10-9-16-7-3-2-4-8-16/h15-16H,2-14H2,1H3,(H,22,28). The largest absolute Gasteiger partial charge is 0.356 e. The summed E-state index contributed by atoms with van der Waals surface area (Å²) in [6, 6.07) is 0. The topological polar surface area (TPSA) is 75.9 Å². The summed E-state index contributed by atoms with van der Waals surface area (Å²) < 4.78 is 1.90. The highest BCUT2D eigenvalue weighted by Crippen LogP contribution is 2.29. The number of fused-ring (bicyclic) bond motifs is 1. The first-order valence-electron chi connectivity index (χ1n) is 11.0. The molecule has 2 aromatic rings. The zero-order valence-electron chi connectivity index (χ0n) is 17.4. The Hall–Kier alpha value is -1.83. The van der Waals surface area contributed by atoms with Gasteiger partial charge in [-0.25, -0.2) is 14.6 Å². The molecule has 7 nitrogen and oxygen atoms in total. The molecule has 0 unspecified atom stereocenters. The first-order chi connectivity index (χ1) is 14.2. The van der Waals surface area contributed by atoms with Crippen molar-refractivity contribution < 1.29 is 4.79 Å². The molecular formula is C21H32N6OS. The fourth-order valence-corrected chi connectivity index (χ4v) is 4.90. The van der Waals surface area contributed by atoms with E-state index in [9.17, 15) is 4.79 Å². The van der Waals surface area contributed by atoms with Crippen molar-refractivity contribution in [1.82, 2.24) is 25.1 Å². The summed E-state index contributed by atoms with van der Waals surface area (Å²) >= 11 is 1.56. The molecule has 1 amide bonds. The molecule has 0 aromatic carbocycles. The molecule has 2 fully saturated rings. The second kappa shape index (κ2) is 9.78. The lowest BCUT2D eigenvalue weighted by molar-refractivity contribution is -0.121. The van der Waals surface area contributed by atoms with Crippen LogP contribution in [0, 0.1) is 5.92 Å². The Morgan fingerprint density at radius 3 is 2.72 bits per heavy atom. The Labute approximate surface area is 177 Å². The zero-order valence-corrected chi connectivity index (χ0v) is 18.2. The van der Waals surface area contributed by atoms with Crippen LogP contribution in [-0.4, -0.2) is 51.5 Å². The van der Waals surface area contributed by atoms with Gasteiger partial charge in [0.1, 0.15) is 5.82 Å². The fourth-order valence-electron chi connectivity index (χ4n) is 4.55. The highest BCUT2D eigenvalue weighted by Gasteiger charge is 2.20. The molecule has 29 heavy (non-hydrogen) atoms. The van der Waals surface area contributed by atoms with Gasteiger partial charge in [-0.2, -0.15) is 5.10 Å². The van der Waals surface area contributed by atoms with Gasteiger partial charge in [0.15, 0.2) is 10.8 Å². The van der Waals surface area contributed by atoms with Crippen molar-refractivity contribution in [3.8, 4) is 0 Å². The molecule has 0 spiro atoms. The minimum Gasteiger partial charge on any atom is -0.356 e. The molecule has 0 atom stereocenters. The first kappa shape index (κ1) is 20.4. The van der Waals surface area contributed by atoms with Crippen LogP contribution in [0.5, 0.6) is 0 Å². The molecule has 1 saturated heterocycles. The quantitative estimate of drug-likeness (QED) is 0.523. The van der Waals surface area contributed by atoms with Gasteiger partial charge < -0.3 is 10.2 Å². The van der Waals surface area contributed by atoms with Crippen molar-refractivity contribution in [3.63, 3.8) is 0 Å². The monoisotopic (exact) mass is 416 g/mol. The fraction of sp³-hybridized carbons (Fsp3) is 0.714. The van der Waals surface area contributed by atoms with Crippen LogP contribution < -0.4 is 10.2 Å². The Morgan fingerprint density at radius 1 is 1.17 bits per heavy atom. The van der Waals surface area contributed by atoms with Crippen LogP contribution in [-0.2, 0) is 11.3 Å².